The predicted octanol–water partition coefficient (Wildman–Crippen LogP) is 2.49. The van der Waals surface area contributed by atoms with Gasteiger partial charge in [0.15, 0.2) is 0 Å². The van der Waals surface area contributed by atoms with Crippen LogP contribution in [0.4, 0.5) is 0 Å². The second-order valence-corrected chi connectivity index (χ2v) is 5.68. The maximum absolute atomic E-state index is 3.58. The van der Waals surface area contributed by atoms with Gasteiger partial charge in [-0.05, 0) is 46.1 Å². The molecule has 0 aromatic rings. The van der Waals surface area contributed by atoms with Gasteiger partial charge in [-0.15, -0.1) is 0 Å². The molecule has 3 unspecified atom stereocenters. The minimum atomic E-state index is 0.713. The van der Waals surface area contributed by atoms with E-state index < -0.39 is 0 Å². The minimum absolute atomic E-state index is 0.713. The second kappa shape index (κ2) is 5.86. The molecular weight excluding hydrogens is 184 g/mol. The molecule has 0 aliphatic carbocycles. The number of piperidine rings is 1. The van der Waals surface area contributed by atoms with Crippen molar-refractivity contribution in [2.75, 3.05) is 13.6 Å². The Balaban J connectivity index is 2.35. The van der Waals surface area contributed by atoms with Crippen LogP contribution in [0.3, 0.4) is 0 Å². The van der Waals surface area contributed by atoms with Crippen molar-refractivity contribution >= 4 is 0 Å². The molecule has 0 bridgehead atoms. The van der Waals surface area contributed by atoms with Crippen molar-refractivity contribution in [3.05, 3.63) is 0 Å². The molecule has 0 amide bonds. The van der Waals surface area contributed by atoms with E-state index in [1.807, 2.05) is 0 Å². The van der Waals surface area contributed by atoms with Gasteiger partial charge >= 0.3 is 0 Å². The molecule has 1 saturated heterocycles. The quantitative estimate of drug-likeness (QED) is 0.770. The van der Waals surface area contributed by atoms with Crippen LogP contribution < -0.4 is 5.32 Å². The number of nitrogens with zero attached hydrogens (tertiary/aromatic N) is 1. The van der Waals surface area contributed by atoms with Gasteiger partial charge in [0.05, 0.1) is 0 Å². The summed E-state index contributed by atoms with van der Waals surface area (Å²) in [7, 11) is 2.29. The molecule has 0 saturated carbocycles. The first kappa shape index (κ1) is 13.0. The predicted molar refractivity (Wildman–Crippen MR) is 67.2 cm³/mol. The molecule has 0 spiro atoms. The SMILES string of the molecule is CC(C)CC(C)N(C)C1CCC(C)NC1. The lowest BCUT2D eigenvalue weighted by atomic mass is 9.97. The van der Waals surface area contributed by atoms with Crippen LogP contribution in [0.1, 0.15) is 47.0 Å². The maximum atomic E-state index is 3.58. The third-order valence-electron chi connectivity index (χ3n) is 3.72. The van der Waals surface area contributed by atoms with Gasteiger partial charge in [0.2, 0.25) is 0 Å². The fourth-order valence-corrected chi connectivity index (χ4v) is 2.54. The van der Waals surface area contributed by atoms with Crippen molar-refractivity contribution in [2.24, 2.45) is 5.92 Å². The fraction of sp³-hybridized carbons (Fsp3) is 1.00. The van der Waals surface area contributed by atoms with E-state index in [-0.39, 0.29) is 0 Å². The average Bonchev–Trinajstić information content (AvgIpc) is 2.17. The van der Waals surface area contributed by atoms with E-state index in [1.54, 1.807) is 0 Å². The number of hydrogen-bond acceptors (Lipinski definition) is 2. The Labute approximate surface area is 95.4 Å². The molecule has 0 aromatic carbocycles. The smallest absolute Gasteiger partial charge is 0.0221 e. The summed E-state index contributed by atoms with van der Waals surface area (Å²) in [6, 6.07) is 2.18. The van der Waals surface area contributed by atoms with E-state index in [0.717, 1.165) is 18.0 Å². The van der Waals surface area contributed by atoms with Crippen molar-refractivity contribution in [1.29, 1.82) is 0 Å². The van der Waals surface area contributed by atoms with Crippen LogP contribution in [0, 0.1) is 5.92 Å². The summed E-state index contributed by atoms with van der Waals surface area (Å²) in [4.78, 5) is 2.57. The van der Waals surface area contributed by atoms with E-state index >= 15 is 0 Å². The summed E-state index contributed by atoms with van der Waals surface area (Å²) in [6.45, 7) is 10.4. The molecule has 3 atom stereocenters. The van der Waals surface area contributed by atoms with Gasteiger partial charge in [-0.25, -0.2) is 0 Å². The first-order valence-corrected chi connectivity index (χ1v) is 6.46. The molecule has 2 nitrogen and oxygen atoms in total. The number of hydrogen-bond donors (Lipinski definition) is 1. The van der Waals surface area contributed by atoms with Gasteiger partial charge in [0, 0.05) is 24.7 Å². The molecule has 15 heavy (non-hydrogen) atoms. The third kappa shape index (κ3) is 4.12. The van der Waals surface area contributed by atoms with Gasteiger partial charge in [-0.2, -0.15) is 0 Å². The van der Waals surface area contributed by atoms with Crippen LogP contribution in [0.25, 0.3) is 0 Å². The lowest BCUT2D eigenvalue weighted by Gasteiger charge is -2.38. The van der Waals surface area contributed by atoms with E-state index in [2.05, 4.69) is 45.0 Å². The summed E-state index contributed by atoms with van der Waals surface area (Å²) in [5, 5.41) is 3.58. The maximum Gasteiger partial charge on any atom is 0.0221 e. The Morgan fingerprint density at radius 3 is 2.40 bits per heavy atom. The molecule has 1 heterocycles. The second-order valence-electron chi connectivity index (χ2n) is 5.68. The van der Waals surface area contributed by atoms with E-state index in [4.69, 9.17) is 0 Å². The molecule has 0 radical (unpaired) electrons. The Hall–Kier alpha value is -0.0800. The molecule has 2 heteroatoms. The van der Waals surface area contributed by atoms with Crippen LogP contribution in [-0.2, 0) is 0 Å². The largest absolute Gasteiger partial charge is 0.313 e. The molecule has 1 rings (SSSR count). The van der Waals surface area contributed by atoms with Crippen molar-refractivity contribution in [3.8, 4) is 0 Å². The first-order chi connectivity index (χ1) is 7.00. The summed E-state index contributed by atoms with van der Waals surface area (Å²) in [5.41, 5.74) is 0. The molecule has 0 aromatic heterocycles. The van der Waals surface area contributed by atoms with Crippen LogP contribution in [0.5, 0.6) is 0 Å². The molecule has 90 valence electrons. The zero-order valence-corrected chi connectivity index (χ0v) is 11.1. The van der Waals surface area contributed by atoms with Gasteiger partial charge < -0.3 is 5.32 Å². The Morgan fingerprint density at radius 1 is 1.27 bits per heavy atom. The standard InChI is InChI=1S/C13H28N2/c1-10(2)8-12(4)15(5)13-7-6-11(3)14-9-13/h10-14H,6-9H2,1-5H3. The molecule has 1 fully saturated rings. The summed E-state index contributed by atoms with van der Waals surface area (Å²) < 4.78 is 0. The lowest BCUT2D eigenvalue weighted by molar-refractivity contribution is 0.131. The van der Waals surface area contributed by atoms with Crippen LogP contribution in [-0.4, -0.2) is 36.6 Å². The van der Waals surface area contributed by atoms with Crippen molar-refractivity contribution < 1.29 is 0 Å². The Morgan fingerprint density at radius 2 is 1.93 bits per heavy atom. The van der Waals surface area contributed by atoms with E-state index in [0.29, 0.717) is 6.04 Å². The highest BCUT2D eigenvalue weighted by Crippen LogP contribution is 2.18. The lowest BCUT2D eigenvalue weighted by Crippen LogP contribution is -2.50. The summed E-state index contributed by atoms with van der Waals surface area (Å²) >= 11 is 0. The topological polar surface area (TPSA) is 15.3 Å². The number of rotatable bonds is 4. The van der Waals surface area contributed by atoms with E-state index in [1.165, 1.54) is 25.8 Å². The van der Waals surface area contributed by atoms with Gasteiger partial charge in [-0.1, -0.05) is 13.8 Å². The van der Waals surface area contributed by atoms with Crippen molar-refractivity contribution in [3.63, 3.8) is 0 Å². The normalized spacial score (nSPS) is 29.8. The number of likely N-dealkylation sites (N-methyl/N-ethyl adjacent to an activating group) is 1. The Bertz CT molecular complexity index is 171. The monoisotopic (exact) mass is 212 g/mol. The molecule has 1 aliphatic rings. The molecule has 1 aliphatic heterocycles. The first-order valence-electron chi connectivity index (χ1n) is 6.46. The zero-order valence-electron chi connectivity index (χ0n) is 11.1. The molecular formula is C13H28N2. The van der Waals surface area contributed by atoms with Gasteiger partial charge in [-0.3, -0.25) is 4.90 Å². The van der Waals surface area contributed by atoms with Crippen LogP contribution >= 0.6 is 0 Å². The third-order valence-corrected chi connectivity index (χ3v) is 3.72. The summed E-state index contributed by atoms with van der Waals surface area (Å²) in [6.07, 6.45) is 3.99. The minimum Gasteiger partial charge on any atom is -0.313 e. The van der Waals surface area contributed by atoms with Crippen molar-refractivity contribution in [2.45, 2.75) is 65.1 Å². The molecule has 1 N–H and O–H groups in total. The summed E-state index contributed by atoms with van der Waals surface area (Å²) in [5.74, 6) is 0.804. The zero-order chi connectivity index (χ0) is 11.4. The van der Waals surface area contributed by atoms with Gasteiger partial charge in [0.25, 0.3) is 0 Å². The highest BCUT2D eigenvalue weighted by atomic mass is 15.2. The van der Waals surface area contributed by atoms with E-state index in [9.17, 15) is 0 Å². The van der Waals surface area contributed by atoms with Crippen LogP contribution in [0.15, 0.2) is 0 Å². The number of nitrogens with one attached hydrogen (secondary N) is 1. The van der Waals surface area contributed by atoms with Crippen LogP contribution in [0.2, 0.25) is 0 Å². The highest BCUT2D eigenvalue weighted by Gasteiger charge is 2.24. The van der Waals surface area contributed by atoms with Crippen molar-refractivity contribution in [1.82, 2.24) is 10.2 Å². The fourth-order valence-electron chi connectivity index (χ4n) is 2.54. The average molecular weight is 212 g/mol. The highest BCUT2D eigenvalue weighted by molar-refractivity contribution is 4.83. The Kier molecular flexibility index (Phi) is 5.07. The van der Waals surface area contributed by atoms with Gasteiger partial charge in [0.1, 0.15) is 0 Å².